The van der Waals surface area contributed by atoms with Crippen molar-refractivity contribution in [2.24, 2.45) is 0 Å². The lowest BCUT2D eigenvalue weighted by atomic mass is 9.86. The van der Waals surface area contributed by atoms with Gasteiger partial charge in [0.1, 0.15) is 16.5 Å². The first kappa shape index (κ1) is 16.5. The summed E-state index contributed by atoms with van der Waals surface area (Å²) >= 11 is 1.46. The summed E-state index contributed by atoms with van der Waals surface area (Å²) in [5, 5.41) is 11.2. The van der Waals surface area contributed by atoms with Crippen molar-refractivity contribution in [3.05, 3.63) is 42.0 Å². The van der Waals surface area contributed by atoms with Crippen LogP contribution in [0.2, 0.25) is 0 Å². The van der Waals surface area contributed by atoms with Crippen molar-refractivity contribution in [1.82, 2.24) is 4.98 Å². The van der Waals surface area contributed by atoms with E-state index in [4.69, 9.17) is 4.74 Å². The normalized spacial score (nSPS) is 11.7. The second-order valence-corrected chi connectivity index (χ2v) is 7.73. The minimum atomic E-state index is -0.428. The highest BCUT2D eigenvalue weighted by Gasteiger charge is 2.23. The summed E-state index contributed by atoms with van der Waals surface area (Å²) in [4.78, 5) is 16.1. The van der Waals surface area contributed by atoms with E-state index in [2.05, 4.69) is 4.98 Å². The van der Waals surface area contributed by atoms with Gasteiger partial charge in [0, 0.05) is 6.92 Å². The number of phenols is 1. The molecule has 0 unspecified atom stereocenters. The molecule has 0 aliphatic carbocycles. The molecule has 0 bridgehead atoms. The van der Waals surface area contributed by atoms with E-state index >= 15 is 0 Å². The molecule has 0 spiro atoms. The van der Waals surface area contributed by atoms with Crippen molar-refractivity contribution in [2.75, 3.05) is 0 Å². The Labute approximate surface area is 144 Å². The van der Waals surface area contributed by atoms with Gasteiger partial charge in [0.05, 0.1) is 15.8 Å². The van der Waals surface area contributed by atoms with Crippen LogP contribution in [0.5, 0.6) is 11.5 Å². The molecule has 0 fully saturated rings. The van der Waals surface area contributed by atoms with E-state index in [1.54, 1.807) is 6.07 Å². The number of para-hydroxylation sites is 1. The van der Waals surface area contributed by atoms with E-state index < -0.39 is 5.97 Å². The largest absolute Gasteiger partial charge is 0.507 e. The van der Waals surface area contributed by atoms with Gasteiger partial charge in [-0.3, -0.25) is 4.79 Å². The molecule has 24 heavy (non-hydrogen) atoms. The van der Waals surface area contributed by atoms with Gasteiger partial charge >= 0.3 is 5.97 Å². The van der Waals surface area contributed by atoms with Crippen molar-refractivity contribution in [2.45, 2.75) is 33.1 Å². The lowest BCUT2D eigenvalue weighted by Crippen LogP contribution is -2.12. The fraction of sp³-hybridized carbons (Fsp3) is 0.263. The molecule has 1 aromatic heterocycles. The number of nitrogens with zero attached hydrogens (tertiary/aromatic N) is 1. The average Bonchev–Trinajstić information content (AvgIpc) is 2.88. The fourth-order valence-electron chi connectivity index (χ4n) is 2.46. The Kier molecular flexibility index (Phi) is 4.05. The van der Waals surface area contributed by atoms with E-state index in [9.17, 15) is 9.90 Å². The molecule has 0 radical (unpaired) electrons. The Balaban J connectivity index is 2.23. The third kappa shape index (κ3) is 3.12. The molecule has 4 nitrogen and oxygen atoms in total. The van der Waals surface area contributed by atoms with Gasteiger partial charge in [0.25, 0.3) is 0 Å². The molecule has 0 amide bonds. The van der Waals surface area contributed by atoms with Gasteiger partial charge < -0.3 is 9.84 Å². The van der Waals surface area contributed by atoms with E-state index in [-0.39, 0.29) is 11.2 Å². The number of esters is 1. The molecule has 0 saturated carbocycles. The van der Waals surface area contributed by atoms with Crippen molar-refractivity contribution in [3.8, 4) is 22.1 Å². The highest BCUT2D eigenvalue weighted by Crippen LogP contribution is 2.44. The average molecular weight is 341 g/mol. The Hall–Kier alpha value is -2.40. The minimum Gasteiger partial charge on any atom is -0.507 e. The van der Waals surface area contributed by atoms with Crippen LogP contribution in [0.15, 0.2) is 36.4 Å². The molecule has 1 N–H and O–H groups in total. The third-order valence-electron chi connectivity index (χ3n) is 3.71. The third-order valence-corrected chi connectivity index (χ3v) is 4.76. The number of ether oxygens (including phenoxy) is 1. The first-order valence-corrected chi connectivity index (χ1v) is 8.49. The zero-order valence-electron chi connectivity index (χ0n) is 14.1. The predicted octanol–water partition coefficient (Wildman–Crippen LogP) is 4.89. The van der Waals surface area contributed by atoms with Gasteiger partial charge in [0.15, 0.2) is 0 Å². The molecule has 3 rings (SSSR count). The number of thiazole rings is 1. The Morgan fingerprint density at radius 1 is 1.21 bits per heavy atom. The summed E-state index contributed by atoms with van der Waals surface area (Å²) in [5.41, 5.74) is 2.02. The monoisotopic (exact) mass is 341 g/mol. The molecule has 0 aliphatic rings. The number of phenolic OH excluding ortho intramolecular Hbond substituents is 1. The van der Waals surface area contributed by atoms with Crippen molar-refractivity contribution in [1.29, 1.82) is 0 Å². The molecule has 124 valence electrons. The molecular weight excluding hydrogens is 322 g/mol. The predicted molar refractivity (Wildman–Crippen MR) is 96.7 cm³/mol. The summed E-state index contributed by atoms with van der Waals surface area (Å²) < 4.78 is 6.39. The molecular formula is C19H19NO3S. The molecule has 0 aliphatic heterocycles. The number of carbonyl (C=O) groups is 1. The van der Waals surface area contributed by atoms with E-state index in [0.717, 1.165) is 15.8 Å². The number of fused-ring (bicyclic) bond motifs is 1. The van der Waals surface area contributed by atoms with E-state index in [1.165, 1.54) is 18.3 Å². The Morgan fingerprint density at radius 2 is 1.92 bits per heavy atom. The summed E-state index contributed by atoms with van der Waals surface area (Å²) in [5.74, 6) is -0.0213. The van der Waals surface area contributed by atoms with Crippen LogP contribution in [0.3, 0.4) is 0 Å². The van der Waals surface area contributed by atoms with Gasteiger partial charge in [0.2, 0.25) is 0 Å². The number of benzene rings is 2. The number of hydrogen-bond donors (Lipinski definition) is 1. The maximum Gasteiger partial charge on any atom is 0.308 e. The quantitative estimate of drug-likeness (QED) is 0.532. The highest BCUT2D eigenvalue weighted by molar-refractivity contribution is 7.21. The summed E-state index contributed by atoms with van der Waals surface area (Å²) in [7, 11) is 0. The maximum absolute atomic E-state index is 11.5. The van der Waals surface area contributed by atoms with E-state index in [1.807, 2.05) is 51.1 Å². The second-order valence-electron chi connectivity index (χ2n) is 6.70. The SMILES string of the molecule is CC(=O)Oc1cc(C(C)(C)C)cc(O)c1-c1nc2ccccc2s1. The van der Waals surface area contributed by atoms with Gasteiger partial charge in [-0.05, 0) is 35.2 Å². The first-order valence-electron chi connectivity index (χ1n) is 7.67. The lowest BCUT2D eigenvalue weighted by molar-refractivity contribution is -0.131. The standard InChI is InChI=1S/C19H19NO3S/c1-11(21)23-15-10-12(19(2,3)4)9-14(22)17(15)18-20-13-7-5-6-8-16(13)24-18/h5-10,22H,1-4H3. The van der Waals surface area contributed by atoms with Crippen LogP contribution in [-0.2, 0) is 10.2 Å². The van der Waals surface area contributed by atoms with Crippen LogP contribution in [-0.4, -0.2) is 16.1 Å². The van der Waals surface area contributed by atoms with Crippen LogP contribution < -0.4 is 4.74 Å². The van der Waals surface area contributed by atoms with Crippen LogP contribution in [0, 0.1) is 0 Å². The zero-order chi connectivity index (χ0) is 17.5. The number of hydrogen-bond acceptors (Lipinski definition) is 5. The van der Waals surface area contributed by atoms with Crippen LogP contribution >= 0.6 is 11.3 Å². The van der Waals surface area contributed by atoms with Crippen molar-refractivity contribution in [3.63, 3.8) is 0 Å². The van der Waals surface area contributed by atoms with Crippen molar-refractivity contribution < 1.29 is 14.6 Å². The topological polar surface area (TPSA) is 59.4 Å². The maximum atomic E-state index is 11.5. The molecule has 5 heteroatoms. The molecule has 2 aromatic carbocycles. The van der Waals surface area contributed by atoms with Gasteiger partial charge in [-0.2, -0.15) is 0 Å². The number of rotatable bonds is 2. The molecule has 3 aromatic rings. The Bertz CT molecular complexity index is 889. The van der Waals surface area contributed by atoms with Crippen LogP contribution in [0.25, 0.3) is 20.8 Å². The van der Waals surface area contributed by atoms with Gasteiger partial charge in [-0.25, -0.2) is 4.98 Å². The molecule has 1 heterocycles. The van der Waals surface area contributed by atoms with Gasteiger partial charge in [-0.1, -0.05) is 32.9 Å². The number of aromatic nitrogens is 1. The molecule has 0 saturated heterocycles. The zero-order valence-corrected chi connectivity index (χ0v) is 14.9. The summed E-state index contributed by atoms with van der Waals surface area (Å²) in [6, 6.07) is 11.3. The first-order chi connectivity index (χ1) is 11.3. The smallest absolute Gasteiger partial charge is 0.308 e. The van der Waals surface area contributed by atoms with Gasteiger partial charge in [-0.15, -0.1) is 11.3 Å². The fourth-order valence-corrected chi connectivity index (χ4v) is 3.49. The molecule has 0 atom stereocenters. The van der Waals surface area contributed by atoms with Crippen molar-refractivity contribution >= 4 is 27.5 Å². The minimum absolute atomic E-state index is 0.0673. The van der Waals surface area contributed by atoms with Crippen LogP contribution in [0.4, 0.5) is 0 Å². The lowest BCUT2D eigenvalue weighted by Gasteiger charge is -2.21. The second kappa shape index (κ2) is 5.91. The summed E-state index contributed by atoms with van der Waals surface area (Å²) in [6.07, 6.45) is 0. The number of carbonyl (C=O) groups excluding carboxylic acids is 1. The van der Waals surface area contributed by atoms with Crippen LogP contribution in [0.1, 0.15) is 33.3 Å². The highest BCUT2D eigenvalue weighted by atomic mass is 32.1. The Morgan fingerprint density at radius 3 is 2.54 bits per heavy atom. The number of aromatic hydroxyl groups is 1. The van der Waals surface area contributed by atoms with E-state index in [0.29, 0.717) is 16.3 Å². The summed E-state index contributed by atoms with van der Waals surface area (Å²) in [6.45, 7) is 7.47.